The summed E-state index contributed by atoms with van der Waals surface area (Å²) in [5.41, 5.74) is 1.40. The number of carbonyl (C=O) groups excluding carboxylic acids is 1. The van der Waals surface area contributed by atoms with Crippen LogP contribution in [0.4, 0.5) is 10.5 Å². The van der Waals surface area contributed by atoms with Crippen LogP contribution in [0.15, 0.2) is 17.1 Å². The molecular formula is C19H25N5O3. The Kier molecular flexibility index (Phi) is 6.05. The van der Waals surface area contributed by atoms with Gasteiger partial charge in [0.15, 0.2) is 5.69 Å². The monoisotopic (exact) mass is 371 g/mol. The maximum absolute atomic E-state index is 12.3. The lowest BCUT2D eigenvalue weighted by Gasteiger charge is -2.24. The minimum Gasteiger partial charge on any atom is -0.494 e. The number of methoxy groups -OCH3 is 1. The van der Waals surface area contributed by atoms with E-state index in [1.807, 2.05) is 40.9 Å². The van der Waals surface area contributed by atoms with Crippen molar-refractivity contribution in [2.24, 2.45) is 4.99 Å². The van der Waals surface area contributed by atoms with Crippen molar-refractivity contribution in [1.82, 2.24) is 14.8 Å². The van der Waals surface area contributed by atoms with Crippen molar-refractivity contribution in [2.75, 3.05) is 34.3 Å². The molecule has 2 rings (SSSR count). The molecule has 0 spiro atoms. The SMILES string of the molecule is COc1cc(N=CN(C)C)c(C#N)nc1C1=CCN(C(=O)OC(C)(C)C)C1. The molecule has 0 atom stereocenters. The van der Waals surface area contributed by atoms with Gasteiger partial charge in [-0.15, -0.1) is 0 Å². The highest BCUT2D eigenvalue weighted by molar-refractivity contribution is 5.79. The molecule has 2 heterocycles. The Balaban J connectivity index is 2.29. The van der Waals surface area contributed by atoms with Crippen LogP contribution in [0.3, 0.4) is 0 Å². The Morgan fingerprint density at radius 1 is 1.44 bits per heavy atom. The summed E-state index contributed by atoms with van der Waals surface area (Å²) in [6, 6.07) is 3.75. The van der Waals surface area contributed by atoms with Crippen LogP contribution in [0.5, 0.6) is 5.75 Å². The number of carbonyl (C=O) groups is 1. The van der Waals surface area contributed by atoms with Crippen LogP contribution in [-0.4, -0.2) is 67.1 Å². The normalized spacial score (nSPS) is 14.1. The molecule has 144 valence electrons. The van der Waals surface area contributed by atoms with Crippen molar-refractivity contribution in [2.45, 2.75) is 26.4 Å². The van der Waals surface area contributed by atoms with E-state index >= 15 is 0 Å². The lowest BCUT2D eigenvalue weighted by atomic mass is 10.1. The highest BCUT2D eigenvalue weighted by Crippen LogP contribution is 2.33. The van der Waals surface area contributed by atoms with Crippen LogP contribution in [0, 0.1) is 11.3 Å². The van der Waals surface area contributed by atoms with Crippen molar-refractivity contribution < 1.29 is 14.3 Å². The largest absolute Gasteiger partial charge is 0.494 e. The fourth-order valence-electron chi connectivity index (χ4n) is 2.42. The zero-order chi connectivity index (χ0) is 20.2. The number of pyridine rings is 1. The van der Waals surface area contributed by atoms with Crippen molar-refractivity contribution in [3.05, 3.63) is 23.5 Å². The zero-order valence-electron chi connectivity index (χ0n) is 16.6. The summed E-state index contributed by atoms with van der Waals surface area (Å²) in [4.78, 5) is 24.3. The predicted molar refractivity (Wildman–Crippen MR) is 103 cm³/mol. The van der Waals surface area contributed by atoms with E-state index in [0.717, 1.165) is 5.57 Å². The summed E-state index contributed by atoms with van der Waals surface area (Å²) in [5, 5.41) is 9.44. The summed E-state index contributed by atoms with van der Waals surface area (Å²) in [6.45, 7) is 6.23. The van der Waals surface area contributed by atoms with E-state index in [1.54, 1.807) is 22.2 Å². The third-order valence-corrected chi connectivity index (χ3v) is 3.60. The van der Waals surface area contributed by atoms with Gasteiger partial charge in [-0.25, -0.2) is 14.8 Å². The lowest BCUT2D eigenvalue weighted by molar-refractivity contribution is 0.0306. The number of amides is 1. The Labute approximate surface area is 159 Å². The van der Waals surface area contributed by atoms with E-state index in [2.05, 4.69) is 16.0 Å². The van der Waals surface area contributed by atoms with Gasteiger partial charge in [0.2, 0.25) is 0 Å². The van der Waals surface area contributed by atoms with Crippen LogP contribution in [0.1, 0.15) is 32.2 Å². The summed E-state index contributed by atoms with van der Waals surface area (Å²) in [6.07, 6.45) is 3.09. The molecular weight excluding hydrogens is 346 g/mol. The Hall–Kier alpha value is -3.08. The number of hydrogen-bond acceptors (Lipinski definition) is 6. The first-order chi connectivity index (χ1) is 12.6. The van der Waals surface area contributed by atoms with E-state index in [-0.39, 0.29) is 11.8 Å². The molecule has 0 N–H and O–H groups in total. The molecule has 0 aromatic carbocycles. The van der Waals surface area contributed by atoms with Gasteiger partial charge in [-0.05, 0) is 26.3 Å². The Morgan fingerprint density at radius 3 is 2.70 bits per heavy atom. The number of rotatable bonds is 4. The van der Waals surface area contributed by atoms with Gasteiger partial charge in [0.1, 0.15) is 28.8 Å². The molecule has 0 radical (unpaired) electrons. The third-order valence-electron chi connectivity index (χ3n) is 3.60. The maximum Gasteiger partial charge on any atom is 0.410 e. The average molecular weight is 371 g/mol. The Morgan fingerprint density at radius 2 is 2.15 bits per heavy atom. The molecule has 0 saturated carbocycles. The number of nitriles is 1. The van der Waals surface area contributed by atoms with Crippen LogP contribution in [0.25, 0.3) is 5.57 Å². The molecule has 1 aromatic heterocycles. The molecule has 1 aliphatic rings. The van der Waals surface area contributed by atoms with Crippen molar-refractivity contribution in [3.63, 3.8) is 0 Å². The molecule has 1 amide bonds. The highest BCUT2D eigenvalue weighted by atomic mass is 16.6. The van der Waals surface area contributed by atoms with Gasteiger partial charge in [0.05, 0.1) is 20.0 Å². The van der Waals surface area contributed by atoms with Gasteiger partial charge in [0.25, 0.3) is 0 Å². The second-order valence-corrected chi connectivity index (χ2v) is 7.32. The van der Waals surface area contributed by atoms with Crippen LogP contribution < -0.4 is 4.74 Å². The summed E-state index contributed by atoms with van der Waals surface area (Å²) in [5.74, 6) is 0.497. The third kappa shape index (κ3) is 5.20. The maximum atomic E-state index is 12.3. The quantitative estimate of drug-likeness (QED) is 0.597. The van der Waals surface area contributed by atoms with Crippen LogP contribution >= 0.6 is 0 Å². The number of nitrogens with zero attached hydrogens (tertiary/aromatic N) is 5. The number of aliphatic imine (C=N–C) groups is 1. The molecule has 0 bridgehead atoms. The molecule has 0 fully saturated rings. The molecule has 1 aromatic rings. The Bertz CT molecular complexity index is 816. The smallest absolute Gasteiger partial charge is 0.410 e. The van der Waals surface area contributed by atoms with Crippen molar-refractivity contribution >= 4 is 23.7 Å². The molecule has 0 aliphatic carbocycles. The topological polar surface area (TPSA) is 91.0 Å². The van der Waals surface area contributed by atoms with E-state index in [0.29, 0.717) is 30.2 Å². The second-order valence-electron chi connectivity index (χ2n) is 7.32. The molecule has 27 heavy (non-hydrogen) atoms. The highest BCUT2D eigenvalue weighted by Gasteiger charge is 2.28. The molecule has 8 heteroatoms. The second kappa shape index (κ2) is 8.08. The van der Waals surface area contributed by atoms with Crippen LogP contribution in [-0.2, 0) is 4.74 Å². The number of ether oxygens (including phenoxy) is 2. The minimum absolute atomic E-state index is 0.195. The summed E-state index contributed by atoms with van der Waals surface area (Å²) in [7, 11) is 5.21. The average Bonchev–Trinajstić information content (AvgIpc) is 3.07. The summed E-state index contributed by atoms with van der Waals surface area (Å²) >= 11 is 0. The van der Waals surface area contributed by atoms with Crippen molar-refractivity contribution in [3.8, 4) is 11.8 Å². The fraction of sp³-hybridized carbons (Fsp3) is 0.474. The van der Waals surface area contributed by atoms with Gasteiger partial charge >= 0.3 is 6.09 Å². The summed E-state index contributed by atoms with van der Waals surface area (Å²) < 4.78 is 10.9. The molecule has 0 unspecified atom stereocenters. The molecule has 1 aliphatic heterocycles. The number of hydrogen-bond donors (Lipinski definition) is 0. The van der Waals surface area contributed by atoms with E-state index in [1.165, 1.54) is 7.11 Å². The van der Waals surface area contributed by atoms with Crippen LogP contribution in [0.2, 0.25) is 0 Å². The first-order valence-corrected chi connectivity index (χ1v) is 8.51. The fourth-order valence-corrected chi connectivity index (χ4v) is 2.42. The van der Waals surface area contributed by atoms with Gasteiger partial charge < -0.3 is 19.3 Å². The molecule has 8 nitrogen and oxygen atoms in total. The van der Waals surface area contributed by atoms with Gasteiger partial charge in [0, 0.05) is 26.7 Å². The van der Waals surface area contributed by atoms with E-state index < -0.39 is 5.60 Å². The first-order valence-electron chi connectivity index (χ1n) is 8.51. The van der Waals surface area contributed by atoms with E-state index in [4.69, 9.17) is 9.47 Å². The standard InChI is InChI=1S/C19H25N5O3/c1-19(2,3)27-18(25)24-8-7-13(11-24)17-16(26-6)9-14(15(10-20)22-17)21-12-23(4)5/h7,9,12H,8,11H2,1-6H3. The predicted octanol–water partition coefficient (Wildman–Crippen LogP) is 2.82. The van der Waals surface area contributed by atoms with Gasteiger partial charge in [-0.2, -0.15) is 5.26 Å². The minimum atomic E-state index is -0.560. The first kappa shape index (κ1) is 20.2. The van der Waals surface area contributed by atoms with Gasteiger partial charge in [-0.3, -0.25) is 0 Å². The zero-order valence-corrected chi connectivity index (χ0v) is 16.6. The number of aromatic nitrogens is 1. The lowest BCUT2D eigenvalue weighted by Crippen LogP contribution is -2.35. The van der Waals surface area contributed by atoms with Crippen molar-refractivity contribution in [1.29, 1.82) is 5.26 Å². The van der Waals surface area contributed by atoms with E-state index in [9.17, 15) is 10.1 Å². The molecule has 0 saturated heterocycles. The van der Waals surface area contributed by atoms with Gasteiger partial charge in [-0.1, -0.05) is 6.08 Å².